The molecule has 0 unspecified atom stereocenters. The van der Waals surface area contributed by atoms with E-state index in [-0.39, 0.29) is 0 Å². The highest BCUT2D eigenvalue weighted by atomic mass is 16.5. The number of hydrogen-bond acceptors (Lipinski definition) is 4. The molecule has 1 rings (SSSR count). The second-order valence-electron chi connectivity index (χ2n) is 1.49. The van der Waals surface area contributed by atoms with Crippen LogP contribution in [-0.4, -0.2) is 15.5 Å². The van der Waals surface area contributed by atoms with Crippen molar-refractivity contribution in [2.24, 2.45) is 0 Å². The van der Waals surface area contributed by atoms with Crippen LogP contribution in [0.25, 0.3) is 0 Å². The second kappa shape index (κ2) is 2.86. The molecule has 48 valence electrons. The fourth-order valence-electron chi connectivity index (χ4n) is 0.446. The highest BCUT2D eigenvalue weighted by Gasteiger charge is 1.91. The molecule has 1 N–H and O–H groups in total. The lowest BCUT2D eigenvalue weighted by Gasteiger charge is -1.78. The van der Waals surface area contributed by atoms with Gasteiger partial charge in [-0.15, -0.1) is 5.10 Å². The van der Waals surface area contributed by atoms with Gasteiger partial charge in [0, 0.05) is 11.7 Å². The average molecular weight is 126 g/mol. The van der Waals surface area contributed by atoms with Crippen molar-refractivity contribution in [2.45, 2.75) is 6.42 Å². The number of nitrogens with zero attached hydrogens (tertiary/aromatic N) is 2. The number of hydrogen-bond donors (Lipinski definition) is 1. The smallest absolute Gasteiger partial charge is 0.147 e. The fourth-order valence-corrected chi connectivity index (χ4v) is 0.446. The Morgan fingerprint density at radius 2 is 2.67 bits per heavy atom. The van der Waals surface area contributed by atoms with Crippen LogP contribution in [0, 0.1) is 0 Å². The Balaban J connectivity index is 2.48. The van der Waals surface area contributed by atoms with Crippen LogP contribution in [-0.2, 0) is 6.42 Å². The third-order valence-corrected chi connectivity index (χ3v) is 0.838. The molecule has 0 saturated carbocycles. The summed E-state index contributed by atoms with van der Waals surface area (Å²) in [6.07, 6.45) is 4.51. The standard InChI is InChI=1S/C5H6N2O2/c8-3-1-2-5-4-9-7-6-5/h1,3-4,8H,2H2. The fraction of sp³-hybridized carbons (Fsp3) is 0.200. The Bertz CT molecular complexity index is 181. The van der Waals surface area contributed by atoms with Gasteiger partial charge in [0.05, 0.1) is 6.26 Å². The lowest BCUT2D eigenvalue weighted by Crippen LogP contribution is -1.79. The van der Waals surface area contributed by atoms with E-state index in [2.05, 4.69) is 14.9 Å². The summed E-state index contributed by atoms with van der Waals surface area (Å²) in [6, 6.07) is 0. The van der Waals surface area contributed by atoms with Crippen LogP contribution in [0.2, 0.25) is 0 Å². The van der Waals surface area contributed by atoms with Gasteiger partial charge in [-0.25, -0.2) is 0 Å². The van der Waals surface area contributed by atoms with Gasteiger partial charge in [0.2, 0.25) is 0 Å². The minimum atomic E-state index is 0.556. The molecule has 4 heteroatoms. The van der Waals surface area contributed by atoms with E-state index in [1.807, 2.05) is 0 Å². The van der Waals surface area contributed by atoms with Crippen molar-refractivity contribution in [2.75, 3.05) is 0 Å². The summed E-state index contributed by atoms with van der Waals surface area (Å²) in [6.45, 7) is 0. The van der Waals surface area contributed by atoms with Gasteiger partial charge in [-0.05, 0) is 6.08 Å². The molecular weight excluding hydrogens is 120 g/mol. The minimum Gasteiger partial charge on any atom is -0.516 e. The monoisotopic (exact) mass is 126 g/mol. The van der Waals surface area contributed by atoms with Crippen molar-refractivity contribution in [3.8, 4) is 0 Å². The average Bonchev–Trinajstić information content (AvgIpc) is 2.34. The molecule has 0 amide bonds. The molecule has 0 fully saturated rings. The molecule has 4 nitrogen and oxygen atoms in total. The van der Waals surface area contributed by atoms with Crippen molar-refractivity contribution < 1.29 is 9.63 Å². The molecule has 0 aliphatic heterocycles. The van der Waals surface area contributed by atoms with Gasteiger partial charge in [0.1, 0.15) is 12.0 Å². The maximum absolute atomic E-state index is 8.21. The van der Waals surface area contributed by atoms with Crippen molar-refractivity contribution >= 4 is 0 Å². The van der Waals surface area contributed by atoms with Gasteiger partial charge < -0.3 is 9.63 Å². The van der Waals surface area contributed by atoms with Gasteiger partial charge in [-0.1, -0.05) is 0 Å². The van der Waals surface area contributed by atoms with Crippen LogP contribution in [0.4, 0.5) is 0 Å². The number of allylic oxidation sites excluding steroid dienone is 1. The number of rotatable bonds is 2. The van der Waals surface area contributed by atoms with Crippen LogP contribution < -0.4 is 0 Å². The molecule has 0 atom stereocenters. The zero-order valence-electron chi connectivity index (χ0n) is 4.69. The minimum absolute atomic E-state index is 0.556. The predicted molar refractivity (Wildman–Crippen MR) is 29.8 cm³/mol. The topological polar surface area (TPSA) is 59.2 Å². The first-order valence-corrected chi connectivity index (χ1v) is 2.48. The Morgan fingerprint density at radius 3 is 3.22 bits per heavy atom. The third kappa shape index (κ3) is 1.56. The zero-order chi connectivity index (χ0) is 6.53. The SMILES string of the molecule is OC=CCc1conn1. The number of aliphatic hydroxyl groups is 1. The van der Waals surface area contributed by atoms with E-state index in [0.29, 0.717) is 12.1 Å². The van der Waals surface area contributed by atoms with Crippen LogP contribution >= 0.6 is 0 Å². The summed E-state index contributed by atoms with van der Waals surface area (Å²) in [4.78, 5) is 0. The number of aliphatic hydroxyl groups excluding tert-OH is 1. The largest absolute Gasteiger partial charge is 0.516 e. The quantitative estimate of drug-likeness (QED) is 0.592. The third-order valence-electron chi connectivity index (χ3n) is 0.838. The lowest BCUT2D eigenvalue weighted by molar-refractivity contribution is 0.392. The van der Waals surface area contributed by atoms with Crippen LogP contribution in [0.15, 0.2) is 23.1 Å². The predicted octanol–water partition coefficient (Wildman–Crippen LogP) is 0.684. The Hall–Kier alpha value is -1.32. The van der Waals surface area contributed by atoms with Crippen molar-refractivity contribution in [3.05, 3.63) is 24.3 Å². The highest BCUT2D eigenvalue weighted by molar-refractivity contribution is 4.95. The lowest BCUT2D eigenvalue weighted by atomic mass is 10.3. The molecule has 0 aliphatic carbocycles. The van der Waals surface area contributed by atoms with Crippen LogP contribution in [0.1, 0.15) is 5.69 Å². The maximum Gasteiger partial charge on any atom is 0.147 e. The van der Waals surface area contributed by atoms with Crippen LogP contribution in [0.5, 0.6) is 0 Å². The first-order chi connectivity index (χ1) is 4.43. The van der Waals surface area contributed by atoms with E-state index in [0.717, 1.165) is 6.26 Å². The summed E-state index contributed by atoms with van der Waals surface area (Å²) in [5, 5.41) is 15.0. The van der Waals surface area contributed by atoms with Gasteiger partial charge in [-0.2, -0.15) is 0 Å². The summed E-state index contributed by atoms with van der Waals surface area (Å²) < 4.78 is 4.43. The summed E-state index contributed by atoms with van der Waals surface area (Å²) in [5.74, 6) is 0. The summed E-state index contributed by atoms with van der Waals surface area (Å²) in [5.41, 5.74) is 0.709. The van der Waals surface area contributed by atoms with E-state index in [4.69, 9.17) is 5.11 Å². The van der Waals surface area contributed by atoms with E-state index in [1.165, 1.54) is 6.26 Å². The maximum atomic E-state index is 8.21. The Morgan fingerprint density at radius 1 is 1.78 bits per heavy atom. The second-order valence-corrected chi connectivity index (χ2v) is 1.49. The van der Waals surface area contributed by atoms with Crippen molar-refractivity contribution in [1.82, 2.24) is 10.4 Å². The molecule has 1 aromatic heterocycles. The normalized spacial score (nSPS) is 10.7. The van der Waals surface area contributed by atoms with E-state index >= 15 is 0 Å². The van der Waals surface area contributed by atoms with Crippen LogP contribution in [0.3, 0.4) is 0 Å². The molecular formula is C5H6N2O2. The molecule has 1 aromatic rings. The Labute approximate surface area is 51.8 Å². The molecule has 0 saturated heterocycles. The van der Waals surface area contributed by atoms with Gasteiger partial charge in [0.25, 0.3) is 0 Å². The zero-order valence-corrected chi connectivity index (χ0v) is 4.69. The van der Waals surface area contributed by atoms with Crippen molar-refractivity contribution in [1.29, 1.82) is 0 Å². The van der Waals surface area contributed by atoms with E-state index < -0.39 is 0 Å². The van der Waals surface area contributed by atoms with Gasteiger partial charge in [-0.3, -0.25) is 0 Å². The molecule has 1 heterocycles. The van der Waals surface area contributed by atoms with Crippen molar-refractivity contribution in [3.63, 3.8) is 0 Å². The summed E-state index contributed by atoms with van der Waals surface area (Å²) in [7, 11) is 0. The highest BCUT2D eigenvalue weighted by Crippen LogP contribution is 1.92. The Kier molecular flexibility index (Phi) is 1.85. The molecule has 9 heavy (non-hydrogen) atoms. The van der Waals surface area contributed by atoms with Gasteiger partial charge in [0.15, 0.2) is 0 Å². The van der Waals surface area contributed by atoms with Gasteiger partial charge >= 0.3 is 0 Å². The molecule has 0 radical (unpaired) electrons. The number of aromatic nitrogens is 2. The first kappa shape index (κ1) is 5.81. The van der Waals surface area contributed by atoms with E-state index in [9.17, 15) is 0 Å². The van der Waals surface area contributed by atoms with E-state index in [1.54, 1.807) is 6.08 Å². The molecule has 0 aromatic carbocycles. The molecule has 0 aliphatic rings. The first-order valence-electron chi connectivity index (χ1n) is 2.48. The molecule has 0 bridgehead atoms. The molecule has 0 spiro atoms. The summed E-state index contributed by atoms with van der Waals surface area (Å²) >= 11 is 0.